The molecule has 1 aliphatic heterocycles. The highest BCUT2D eigenvalue weighted by Crippen LogP contribution is 2.39. The highest BCUT2D eigenvalue weighted by atomic mass is 16.3. The fourth-order valence-corrected chi connectivity index (χ4v) is 2.12. The van der Waals surface area contributed by atoms with Gasteiger partial charge in [-0.05, 0) is 32.1 Å². The molecule has 0 spiro atoms. The lowest BCUT2D eigenvalue weighted by Crippen LogP contribution is -2.54. The summed E-state index contributed by atoms with van der Waals surface area (Å²) in [4.78, 5) is 13.7. The van der Waals surface area contributed by atoms with Gasteiger partial charge in [0.15, 0.2) is 0 Å². The third-order valence-electron chi connectivity index (χ3n) is 3.34. The summed E-state index contributed by atoms with van der Waals surface area (Å²) < 4.78 is 0. The van der Waals surface area contributed by atoms with Crippen molar-refractivity contribution in [3.63, 3.8) is 0 Å². The molecule has 1 saturated heterocycles. The number of amides is 1. The molecule has 0 bridgehead atoms. The standard InChI is InChI=1S/C10H18N2O2/c1-10(11,7-2-3-7)9(14)12-5-4-8(13)6-12/h7-8,13H,2-6,11H2,1H3/t8-,10?/m0/s1. The summed E-state index contributed by atoms with van der Waals surface area (Å²) >= 11 is 0. The van der Waals surface area contributed by atoms with Crippen molar-refractivity contribution >= 4 is 5.91 Å². The van der Waals surface area contributed by atoms with Gasteiger partial charge in [0.1, 0.15) is 0 Å². The second kappa shape index (κ2) is 3.21. The van der Waals surface area contributed by atoms with Crippen molar-refractivity contribution in [2.45, 2.75) is 37.8 Å². The quantitative estimate of drug-likeness (QED) is 0.640. The largest absolute Gasteiger partial charge is 0.391 e. The zero-order chi connectivity index (χ0) is 10.3. The number of nitrogens with zero attached hydrogens (tertiary/aromatic N) is 1. The molecule has 1 saturated carbocycles. The zero-order valence-corrected chi connectivity index (χ0v) is 8.57. The molecule has 1 amide bonds. The lowest BCUT2D eigenvalue weighted by atomic mass is 9.95. The number of carbonyl (C=O) groups excluding carboxylic acids is 1. The lowest BCUT2D eigenvalue weighted by molar-refractivity contribution is -0.136. The fraction of sp³-hybridized carbons (Fsp3) is 0.900. The van der Waals surface area contributed by atoms with Crippen LogP contribution in [-0.4, -0.2) is 40.6 Å². The van der Waals surface area contributed by atoms with E-state index >= 15 is 0 Å². The topological polar surface area (TPSA) is 66.6 Å². The maximum absolute atomic E-state index is 12.0. The predicted molar refractivity (Wildman–Crippen MR) is 52.5 cm³/mol. The summed E-state index contributed by atoms with van der Waals surface area (Å²) in [7, 11) is 0. The van der Waals surface area contributed by atoms with Crippen molar-refractivity contribution in [2.24, 2.45) is 11.7 Å². The van der Waals surface area contributed by atoms with Crippen molar-refractivity contribution in [1.29, 1.82) is 0 Å². The van der Waals surface area contributed by atoms with Gasteiger partial charge in [0.25, 0.3) is 0 Å². The van der Waals surface area contributed by atoms with Gasteiger partial charge in [0.05, 0.1) is 11.6 Å². The summed E-state index contributed by atoms with van der Waals surface area (Å²) in [5.74, 6) is 0.365. The van der Waals surface area contributed by atoms with E-state index in [9.17, 15) is 9.90 Å². The molecule has 0 aromatic carbocycles. The van der Waals surface area contributed by atoms with Crippen molar-refractivity contribution in [1.82, 2.24) is 4.90 Å². The van der Waals surface area contributed by atoms with Crippen LogP contribution in [0.2, 0.25) is 0 Å². The van der Waals surface area contributed by atoms with Crippen LogP contribution in [0.3, 0.4) is 0 Å². The Bertz CT molecular complexity index is 249. The van der Waals surface area contributed by atoms with Crippen LogP contribution in [0.25, 0.3) is 0 Å². The number of β-amino-alcohol motifs (C(OH)–C–C–N with tert-alkyl or cyclic N) is 1. The Labute approximate surface area is 84.1 Å². The summed E-state index contributed by atoms with van der Waals surface area (Å²) in [6.07, 6.45) is 2.46. The summed E-state index contributed by atoms with van der Waals surface area (Å²) in [5.41, 5.74) is 5.31. The van der Waals surface area contributed by atoms with E-state index < -0.39 is 5.54 Å². The molecule has 1 aliphatic carbocycles. The fourth-order valence-electron chi connectivity index (χ4n) is 2.12. The molecule has 1 unspecified atom stereocenters. The van der Waals surface area contributed by atoms with Crippen LogP contribution in [0.4, 0.5) is 0 Å². The van der Waals surface area contributed by atoms with Gasteiger partial charge in [-0.2, -0.15) is 0 Å². The number of aliphatic hydroxyl groups is 1. The molecular formula is C10H18N2O2. The molecule has 4 heteroatoms. The van der Waals surface area contributed by atoms with E-state index in [1.807, 2.05) is 6.92 Å². The van der Waals surface area contributed by atoms with Crippen molar-refractivity contribution in [3.05, 3.63) is 0 Å². The summed E-state index contributed by atoms with van der Waals surface area (Å²) in [6, 6.07) is 0. The Morgan fingerprint density at radius 3 is 2.57 bits per heavy atom. The molecule has 0 aromatic heterocycles. The van der Waals surface area contributed by atoms with Crippen LogP contribution in [0.1, 0.15) is 26.2 Å². The molecule has 0 aromatic rings. The molecule has 2 rings (SSSR count). The molecule has 14 heavy (non-hydrogen) atoms. The third kappa shape index (κ3) is 1.64. The van der Waals surface area contributed by atoms with E-state index in [0.717, 1.165) is 12.8 Å². The first-order chi connectivity index (χ1) is 6.51. The van der Waals surface area contributed by atoms with E-state index in [2.05, 4.69) is 0 Å². The van der Waals surface area contributed by atoms with Crippen LogP contribution in [-0.2, 0) is 4.79 Å². The van der Waals surface area contributed by atoms with Crippen LogP contribution < -0.4 is 5.73 Å². The van der Waals surface area contributed by atoms with Crippen LogP contribution in [0, 0.1) is 5.92 Å². The Balaban J connectivity index is 2.00. The van der Waals surface area contributed by atoms with E-state index in [4.69, 9.17) is 5.73 Å². The molecule has 0 radical (unpaired) electrons. The minimum atomic E-state index is -0.704. The second-order valence-corrected chi connectivity index (χ2v) is 4.75. The van der Waals surface area contributed by atoms with Gasteiger partial charge >= 0.3 is 0 Å². The maximum atomic E-state index is 12.0. The van der Waals surface area contributed by atoms with Gasteiger partial charge < -0.3 is 15.7 Å². The van der Waals surface area contributed by atoms with Gasteiger partial charge in [-0.1, -0.05) is 0 Å². The smallest absolute Gasteiger partial charge is 0.242 e. The third-order valence-corrected chi connectivity index (χ3v) is 3.34. The van der Waals surface area contributed by atoms with E-state index in [1.165, 1.54) is 0 Å². The van der Waals surface area contributed by atoms with Gasteiger partial charge in [0, 0.05) is 13.1 Å². The SMILES string of the molecule is CC(N)(C(=O)N1CC[C@H](O)C1)C1CC1. The van der Waals surface area contributed by atoms with Crippen LogP contribution >= 0.6 is 0 Å². The Morgan fingerprint density at radius 1 is 1.50 bits per heavy atom. The van der Waals surface area contributed by atoms with Crippen molar-refractivity contribution in [3.8, 4) is 0 Å². The average molecular weight is 198 g/mol. The van der Waals surface area contributed by atoms with Gasteiger partial charge in [0.2, 0.25) is 5.91 Å². The van der Waals surface area contributed by atoms with Crippen molar-refractivity contribution in [2.75, 3.05) is 13.1 Å². The molecule has 3 N–H and O–H groups in total. The molecule has 4 nitrogen and oxygen atoms in total. The van der Waals surface area contributed by atoms with E-state index in [0.29, 0.717) is 25.4 Å². The minimum Gasteiger partial charge on any atom is -0.391 e. The molecule has 1 heterocycles. The predicted octanol–water partition coefficient (Wildman–Crippen LogP) is -0.293. The number of hydrogen-bond acceptors (Lipinski definition) is 3. The van der Waals surface area contributed by atoms with Crippen LogP contribution in [0.15, 0.2) is 0 Å². The molecule has 80 valence electrons. The first-order valence-corrected chi connectivity index (χ1v) is 5.28. The molecule has 2 atom stereocenters. The summed E-state index contributed by atoms with van der Waals surface area (Å²) in [6.45, 7) is 2.93. The number of nitrogens with two attached hydrogens (primary N) is 1. The number of hydrogen-bond donors (Lipinski definition) is 2. The average Bonchev–Trinajstić information content (AvgIpc) is 2.89. The molecule has 2 fully saturated rings. The van der Waals surface area contributed by atoms with Gasteiger partial charge in [-0.15, -0.1) is 0 Å². The number of carbonyl (C=O) groups is 1. The normalized spacial score (nSPS) is 31.6. The lowest BCUT2D eigenvalue weighted by Gasteiger charge is -2.28. The van der Waals surface area contributed by atoms with Gasteiger partial charge in [-0.3, -0.25) is 4.79 Å². The maximum Gasteiger partial charge on any atom is 0.242 e. The van der Waals surface area contributed by atoms with Crippen LogP contribution in [0.5, 0.6) is 0 Å². The number of likely N-dealkylation sites (tertiary alicyclic amines) is 1. The highest BCUT2D eigenvalue weighted by molar-refractivity contribution is 5.86. The van der Waals surface area contributed by atoms with E-state index in [1.54, 1.807) is 4.90 Å². The Hall–Kier alpha value is -0.610. The Morgan fingerprint density at radius 2 is 2.14 bits per heavy atom. The molecule has 2 aliphatic rings. The zero-order valence-electron chi connectivity index (χ0n) is 8.57. The monoisotopic (exact) mass is 198 g/mol. The first-order valence-electron chi connectivity index (χ1n) is 5.28. The molecular weight excluding hydrogens is 180 g/mol. The van der Waals surface area contributed by atoms with E-state index in [-0.39, 0.29) is 12.0 Å². The minimum absolute atomic E-state index is 0.0107. The van der Waals surface area contributed by atoms with Crippen molar-refractivity contribution < 1.29 is 9.90 Å². The number of aliphatic hydroxyl groups excluding tert-OH is 1. The highest BCUT2D eigenvalue weighted by Gasteiger charge is 2.46. The summed E-state index contributed by atoms with van der Waals surface area (Å²) in [5, 5.41) is 9.33. The Kier molecular flexibility index (Phi) is 2.27. The second-order valence-electron chi connectivity index (χ2n) is 4.75. The first kappa shape index (κ1) is 9.93. The number of rotatable bonds is 2. The van der Waals surface area contributed by atoms with Gasteiger partial charge in [-0.25, -0.2) is 0 Å².